The van der Waals surface area contributed by atoms with Crippen LogP contribution in [0.4, 0.5) is 5.00 Å². The van der Waals surface area contributed by atoms with Crippen molar-refractivity contribution in [1.82, 2.24) is 9.55 Å². The zero-order chi connectivity index (χ0) is 30.8. The summed E-state index contributed by atoms with van der Waals surface area (Å²) in [4.78, 5) is 47.2. The first kappa shape index (κ1) is 30.2. The van der Waals surface area contributed by atoms with Crippen LogP contribution in [0, 0.1) is 6.92 Å². The number of furan rings is 1. The minimum atomic E-state index is -0.543. The molecule has 0 aliphatic heterocycles. The summed E-state index contributed by atoms with van der Waals surface area (Å²) in [6.07, 6.45) is 3.97. The Hall–Kier alpha value is -3.87. The first-order valence-corrected chi connectivity index (χ1v) is 17.1. The Labute approximate surface area is 266 Å². The largest absolute Gasteiger partial charge is 0.494 e. The van der Waals surface area contributed by atoms with E-state index in [2.05, 4.69) is 5.32 Å². The van der Waals surface area contributed by atoms with Gasteiger partial charge >= 0.3 is 5.97 Å². The van der Waals surface area contributed by atoms with Crippen molar-refractivity contribution in [3.05, 3.63) is 73.9 Å². The fourth-order valence-electron chi connectivity index (χ4n) is 5.28. The SMILES string of the molecule is CCOC(=O)c1c(-c2ccc(C)o2)csc1NC(=O)CSc1nc2sc3c(c2c(=O)n1-c1ccc(OCC)cc1)CCCC3. The van der Waals surface area contributed by atoms with Crippen molar-refractivity contribution in [1.29, 1.82) is 0 Å². The molecular formula is C32H31N3O6S3. The predicted molar refractivity (Wildman–Crippen MR) is 175 cm³/mol. The van der Waals surface area contributed by atoms with Gasteiger partial charge in [0, 0.05) is 15.8 Å². The second kappa shape index (κ2) is 13.0. The number of fused-ring (bicyclic) bond motifs is 3. The van der Waals surface area contributed by atoms with E-state index in [0.29, 0.717) is 55.5 Å². The smallest absolute Gasteiger partial charge is 0.341 e. The number of hydrogen-bond acceptors (Lipinski definition) is 10. The van der Waals surface area contributed by atoms with E-state index < -0.39 is 5.97 Å². The van der Waals surface area contributed by atoms with Gasteiger partial charge in [-0.05, 0) is 88.4 Å². The Kier molecular flexibility index (Phi) is 8.92. The van der Waals surface area contributed by atoms with Crippen molar-refractivity contribution in [2.75, 3.05) is 24.3 Å². The maximum atomic E-state index is 14.1. The fraction of sp³-hybridized carbons (Fsp3) is 0.312. The molecular weight excluding hydrogens is 619 g/mol. The molecule has 0 atom stereocenters. The molecule has 12 heteroatoms. The molecule has 0 saturated carbocycles. The van der Waals surface area contributed by atoms with E-state index in [1.165, 1.54) is 28.0 Å². The molecule has 6 rings (SSSR count). The van der Waals surface area contributed by atoms with Gasteiger partial charge < -0.3 is 19.2 Å². The number of nitrogens with zero attached hydrogens (tertiary/aromatic N) is 2. The molecule has 228 valence electrons. The Morgan fingerprint density at radius 1 is 1.09 bits per heavy atom. The number of esters is 1. The number of rotatable bonds is 10. The molecule has 1 aliphatic carbocycles. The summed E-state index contributed by atoms with van der Waals surface area (Å²) < 4.78 is 18.2. The summed E-state index contributed by atoms with van der Waals surface area (Å²) in [6, 6.07) is 10.9. The zero-order valence-corrected chi connectivity index (χ0v) is 27.0. The first-order chi connectivity index (χ1) is 21.4. The first-order valence-electron chi connectivity index (χ1n) is 14.5. The van der Waals surface area contributed by atoms with Crippen LogP contribution < -0.4 is 15.6 Å². The standard InChI is InChI=1S/C32H31N3O6S3/c1-4-39-20-13-11-19(12-14-20)35-30(37)26-21-8-6-7-9-24(21)44-29(26)34-32(35)43-17-25(36)33-28-27(31(38)40-5-2)22(16-42-28)23-15-10-18(3)41-23/h10-16H,4-9,17H2,1-3H3,(H,33,36). The van der Waals surface area contributed by atoms with Crippen LogP contribution in [0.5, 0.6) is 5.75 Å². The molecule has 0 saturated heterocycles. The highest BCUT2D eigenvalue weighted by Crippen LogP contribution is 2.38. The van der Waals surface area contributed by atoms with Crippen LogP contribution in [0.25, 0.3) is 27.2 Å². The lowest BCUT2D eigenvalue weighted by molar-refractivity contribution is -0.113. The van der Waals surface area contributed by atoms with E-state index >= 15 is 0 Å². The summed E-state index contributed by atoms with van der Waals surface area (Å²) in [6.45, 7) is 6.20. The minimum Gasteiger partial charge on any atom is -0.494 e. The van der Waals surface area contributed by atoms with Gasteiger partial charge in [0.15, 0.2) is 5.16 Å². The number of aryl methyl sites for hydroxylation is 3. The van der Waals surface area contributed by atoms with Gasteiger partial charge in [0.05, 0.1) is 30.0 Å². The van der Waals surface area contributed by atoms with Crippen molar-refractivity contribution >= 4 is 61.5 Å². The Balaban J connectivity index is 1.32. The van der Waals surface area contributed by atoms with Gasteiger partial charge in [-0.2, -0.15) is 0 Å². The number of carbonyl (C=O) groups excluding carboxylic acids is 2. The topological polar surface area (TPSA) is 113 Å². The highest BCUT2D eigenvalue weighted by Gasteiger charge is 2.26. The molecule has 0 bridgehead atoms. The molecule has 4 heterocycles. The number of benzene rings is 1. The Morgan fingerprint density at radius 3 is 2.61 bits per heavy atom. The number of anilines is 1. The van der Waals surface area contributed by atoms with E-state index in [1.807, 2.05) is 44.2 Å². The van der Waals surface area contributed by atoms with Crippen LogP contribution in [0.2, 0.25) is 0 Å². The van der Waals surface area contributed by atoms with Gasteiger partial charge in [0.1, 0.15) is 32.7 Å². The Morgan fingerprint density at radius 2 is 1.89 bits per heavy atom. The van der Waals surface area contributed by atoms with Crippen molar-refractivity contribution in [2.45, 2.75) is 51.6 Å². The normalized spacial score (nSPS) is 12.7. The number of carbonyl (C=O) groups is 2. The quantitative estimate of drug-likeness (QED) is 0.0956. The molecule has 1 amide bonds. The van der Waals surface area contributed by atoms with Crippen LogP contribution in [0.15, 0.2) is 56.1 Å². The van der Waals surface area contributed by atoms with Gasteiger partial charge in [-0.1, -0.05) is 11.8 Å². The number of hydrogen-bond donors (Lipinski definition) is 1. The second-order valence-electron chi connectivity index (χ2n) is 10.2. The van der Waals surface area contributed by atoms with Gasteiger partial charge in [-0.3, -0.25) is 14.2 Å². The summed E-state index contributed by atoms with van der Waals surface area (Å²) in [5, 5.41) is 6.11. The number of nitrogens with one attached hydrogen (secondary N) is 1. The minimum absolute atomic E-state index is 0.0323. The summed E-state index contributed by atoms with van der Waals surface area (Å²) >= 11 is 3.97. The maximum absolute atomic E-state index is 14.1. The monoisotopic (exact) mass is 649 g/mol. The Bertz CT molecular complexity index is 1900. The highest BCUT2D eigenvalue weighted by atomic mass is 32.2. The van der Waals surface area contributed by atoms with Crippen LogP contribution in [-0.4, -0.2) is 40.4 Å². The molecule has 44 heavy (non-hydrogen) atoms. The van der Waals surface area contributed by atoms with Crippen molar-refractivity contribution < 1.29 is 23.5 Å². The third-order valence-corrected chi connectivity index (χ3v) is 10.2. The number of thiophene rings is 2. The molecule has 9 nitrogen and oxygen atoms in total. The van der Waals surface area contributed by atoms with Gasteiger partial charge in [0.25, 0.3) is 5.56 Å². The van der Waals surface area contributed by atoms with E-state index in [9.17, 15) is 14.4 Å². The lowest BCUT2D eigenvalue weighted by Gasteiger charge is -2.14. The lowest BCUT2D eigenvalue weighted by atomic mass is 9.97. The molecule has 5 aromatic rings. The van der Waals surface area contributed by atoms with Crippen molar-refractivity contribution in [3.8, 4) is 22.8 Å². The third-order valence-electron chi connectivity index (χ3n) is 7.23. The van der Waals surface area contributed by atoms with Crippen LogP contribution in [0.3, 0.4) is 0 Å². The molecule has 0 spiro atoms. The molecule has 0 radical (unpaired) electrons. The van der Waals surface area contributed by atoms with E-state index in [0.717, 1.165) is 31.2 Å². The second-order valence-corrected chi connectivity index (χ2v) is 13.1. The van der Waals surface area contributed by atoms with Crippen LogP contribution in [0.1, 0.15) is 53.2 Å². The van der Waals surface area contributed by atoms with Crippen LogP contribution in [-0.2, 0) is 22.4 Å². The zero-order valence-electron chi connectivity index (χ0n) is 24.6. The highest BCUT2D eigenvalue weighted by molar-refractivity contribution is 7.99. The number of ether oxygens (including phenoxy) is 2. The molecule has 0 fully saturated rings. The van der Waals surface area contributed by atoms with Gasteiger partial charge in [-0.25, -0.2) is 9.78 Å². The van der Waals surface area contributed by atoms with Crippen molar-refractivity contribution in [2.24, 2.45) is 0 Å². The molecule has 1 aromatic carbocycles. The van der Waals surface area contributed by atoms with E-state index in [-0.39, 0.29) is 29.4 Å². The average Bonchev–Trinajstić information content (AvgIpc) is 3.73. The van der Waals surface area contributed by atoms with Crippen LogP contribution >= 0.6 is 34.4 Å². The predicted octanol–water partition coefficient (Wildman–Crippen LogP) is 7.26. The summed E-state index contributed by atoms with van der Waals surface area (Å²) in [5.41, 5.74) is 2.42. The van der Waals surface area contributed by atoms with Gasteiger partial charge in [0.2, 0.25) is 5.91 Å². The number of thioether (sulfide) groups is 1. The summed E-state index contributed by atoms with van der Waals surface area (Å²) in [7, 11) is 0. The van der Waals surface area contributed by atoms with E-state index in [4.69, 9.17) is 18.9 Å². The lowest BCUT2D eigenvalue weighted by Crippen LogP contribution is -2.23. The maximum Gasteiger partial charge on any atom is 0.341 e. The number of aromatic nitrogens is 2. The van der Waals surface area contributed by atoms with E-state index in [1.54, 1.807) is 34.3 Å². The molecule has 1 aliphatic rings. The summed E-state index contributed by atoms with van der Waals surface area (Å²) in [5.74, 6) is 1.01. The third kappa shape index (κ3) is 5.93. The van der Waals surface area contributed by atoms with Gasteiger partial charge in [-0.15, -0.1) is 22.7 Å². The molecule has 4 aromatic heterocycles. The average molecular weight is 650 g/mol. The fourth-order valence-corrected chi connectivity index (χ4v) is 8.35. The molecule has 0 unspecified atom stereocenters. The molecule has 1 N–H and O–H groups in total. The van der Waals surface area contributed by atoms with Crippen molar-refractivity contribution in [3.63, 3.8) is 0 Å². The number of amides is 1.